The molecule has 0 atom stereocenters. The number of aryl methyl sites for hydroxylation is 1. The number of benzene rings is 2. The van der Waals surface area contributed by atoms with Gasteiger partial charge in [0, 0.05) is 19.6 Å². The molecule has 172 valence electrons. The molecular formula is C22H24N6O3S2. The molecule has 1 aliphatic heterocycles. The Labute approximate surface area is 195 Å². The van der Waals surface area contributed by atoms with Crippen LogP contribution in [-0.2, 0) is 22.4 Å². The number of imidazole rings is 1. The Morgan fingerprint density at radius 1 is 1.03 bits per heavy atom. The SMILES string of the molecule is CCn1c(SCn2nnc3ccccc3c2=O)nc2cc(S(=O)(=O)N3CCCCC3)ccc21. The van der Waals surface area contributed by atoms with E-state index in [9.17, 15) is 13.2 Å². The van der Waals surface area contributed by atoms with E-state index in [0.29, 0.717) is 41.2 Å². The van der Waals surface area contributed by atoms with Gasteiger partial charge in [-0.3, -0.25) is 4.79 Å². The van der Waals surface area contributed by atoms with E-state index >= 15 is 0 Å². The van der Waals surface area contributed by atoms with Gasteiger partial charge in [0.2, 0.25) is 10.0 Å². The van der Waals surface area contributed by atoms with E-state index in [1.54, 1.807) is 34.6 Å². The molecule has 2 aromatic heterocycles. The number of hydrogen-bond acceptors (Lipinski definition) is 7. The summed E-state index contributed by atoms with van der Waals surface area (Å²) in [4.78, 5) is 17.7. The minimum absolute atomic E-state index is 0.206. The molecule has 0 aliphatic carbocycles. The van der Waals surface area contributed by atoms with Crippen LogP contribution in [0.3, 0.4) is 0 Å². The topological polar surface area (TPSA) is 103 Å². The fourth-order valence-electron chi connectivity index (χ4n) is 4.14. The molecule has 0 saturated carbocycles. The molecule has 9 nitrogen and oxygen atoms in total. The van der Waals surface area contributed by atoms with Crippen molar-refractivity contribution in [1.82, 2.24) is 28.9 Å². The minimum atomic E-state index is -3.53. The second-order valence-corrected chi connectivity index (χ2v) is 10.8. The molecule has 4 aromatic rings. The molecule has 1 saturated heterocycles. The first-order valence-electron chi connectivity index (χ1n) is 10.9. The van der Waals surface area contributed by atoms with Gasteiger partial charge in [-0.15, -0.1) is 5.10 Å². The van der Waals surface area contributed by atoms with E-state index < -0.39 is 10.0 Å². The smallest absolute Gasteiger partial charge is 0.278 e. The largest absolute Gasteiger partial charge is 0.319 e. The zero-order chi connectivity index (χ0) is 23.0. The zero-order valence-corrected chi connectivity index (χ0v) is 19.8. The van der Waals surface area contributed by atoms with Crippen LogP contribution in [0.5, 0.6) is 0 Å². The van der Waals surface area contributed by atoms with Crippen molar-refractivity contribution in [3.8, 4) is 0 Å². The summed E-state index contributed by atoms with van der Waals surface area (Å²) in [5.41, 5.74) is 1.83. The first kappa shape index (κ1) is 22.1. The highest BCUT2D eigenvalue weighted by Crippen LogP contribution is 2.28. The summed E-state index contributed by atoms with van der Waals surface area (Å²) in [6.45, 7) is 3.79. The zero-order valence-electron chi connectivity index (χ0n) is 18.2. The fourth-order valence-corrected chi connectivity index (χ4v) is 6.64. The van der Waals surface area contributed by atoms with Crippen LogP contribution in [0.15, 0.2) is 57.3 Å². The highest BCUT2D eigenvalue weighted by molar-refractivity contribution is 7.98. The summed E-state index contributed by atoms with van der Waals surface area (Å²) >= 11 is 1.37. The molecule has 5 rings (SSSR count). The maximum Gasteiger partial charge on any atom is 0.278 e. The summed E-state index contributed by atoms with van der Waals surface area (Å²) in [6, 6.07) is 12.2. The minimum Gasteiger partial charge on any atom is -0.319 e. The Morgan fingerprint density at radius 3 is 2.61 bits per heavy atom. The quantitative estimate of drug-likeness (QED) is 0.388. The highest BCUT2D eigenvalue weighted by Gasteiger charge is 2.26. The van der Waals surface area contributed by atoms with Crippen molar-refractivity contribution in [2.75, 3.05) is 13.1 Å². The van der Waals surface area contributed by atoms with E-state index in [-0.39, 0.29) is 16.3 Å². The lowest BCUT2D eigenvalue weighted by Crippen LogP contribution is -2.35. The molecule has 33 heavy (non-hydrogen) atoms. The lowest BCUT2D eigenvalue weighted by Gasteiger charge is -2.25. The van der Waals surface area contributed by atoms with Crippen molar-refractivity contribution in [2.45, 2.75) is 48.7 Å². The third-order valence-electron chi connectivity index (χ3n) is 5.90. The molecule has 0 bridgehead atoms. The summed E-state index contributed by atoms with van der Waals surface area (Å²) in [5.74, 6) is 0.249. The van der Waals surface area contributed by atoms with Crippen molar-refractivity contribution >= 4 is 43.7 Å². The number of nitrogens with zero attached hydrogens (tertiary/aromatic N) is 6. The van der Waals surface area contributed by atoms with Crippen LogP contribution >= 0.6 is 11.8 Å². The predicted octanol–water partition coefficient (Wildman–Crippen LogP) is 3.09. The van der Waals surface area contributed by atoms with Crippen molar-refractivity contribution < 1.29 is 8.42 Å². The van der Waals surface area contributed by atoms with Crippen LogP contribution in [0, 0.1) is 0 Å². The van der Waals surface area contributed by atoms with Crippen molar-refractivity contribution in [3.63, 3.8) is 0 Å². The summed E-state index contributed by atoms with van der Waals surface area (Å²) in [7, 11) is -3.53. The van der Waals surface area contributed by atoms with Gasteiger partial charge in [-0.2, -0.15) is 8.99 Å². The summed E-state index contributed by atoms with van der Waals surface area (Å²) in [6.07, 6.45) is 2.85. The van der Waals surface area contributed by atoms with E-state index in [1.807, 2.05) is 23.6 Å². The van der Waals surface area contributed by atoms with E-state index in [2.05, 4.69) is 15.3 Å². The van der Waals surface area contributed by atoms with Gasteiger partial charge in [0.05, 0.1) is 27.2 Å². The standard InChI is InChI=1S/C22H24N6O3S2/c1-2-27-20-11-10-16(33(30,31)26-12-6-3-7-13-26)14-19(20)23-22(27)32-15-28-21(29)17-8-4-5-9-18(17)24-25-28/h4-5,8-11,14H,2-3,6-7,12-13,15H2,1H3. The number of fused-ring (bicyclic) bond motifs is 2. The van der Waals surface area contributed by atoms with Gasteiger partial charge in [-0.1, -0.05) is 35.5 Å². The average Bonchev–Trinajstić information content (AvgIpc) is 3.21. The van der Waals surface area contributed by atoms with Crippen LogP contribution in [0.25, 0.3) is 21.9 Å². The summed E-state index contributed by atoms with van der Waals surface area (Å²) in [5, 5.41) is 9.38. The first-order chi connectivity index (χ1) is 16.0. The number of rotatable bonds is 6. The highest BCUT2D eigenvalue weighted by atomic mass is 32.2. The molecule has 0 N–H and O–H groups in total. The molecule has 1 fully saturated rings. The number of thioether (sulfide) groups is 1. The van der Waals surface area contributed by atoms with Gasteiger partial charge in [0.25, 0.3) is 5.56 Å². The predicted molar refractivity (Wildman–Crippen MR) is 128 cm³/mol. The average molecular weight is 485 g/mol. The third kappa shape index (κ3) is 4.04. The summed E-state index contributed by atoms with van der Waals surface area (Å²) < 4.78 is 31.1. The van der Waals surface area contributed by atoms with Crippen molar-refractivity contribution in [1.29, 1.82) is 0 Å². The van der Waals surface area contributed by atoms with Gasteiger partial charge in [-0.05, 0) is 50.1 Å². The third-order valence-corrected chi connectivity index (χ3v) is 8.74. The van der Waals surface area contributed by atoms with E-state index in [0.717, 1.165) is 24.8 Å². The van der Waals surface area contributed by atoms with Gasteiger partial charge in [0.1, 0.15) is 5.52 Å². The first-order valence-corrected chi connectivity index (χ1v) is 13.4. The van der Waals surface area contributed by atoms with Gasteiger partial charge >= 0.3 is 0 Å². The maximum atomic E-state index is 13.1. The lowest BCUT2D eigenvalue weighted by molar-refractivity contribution is 0.346. The van der Waals surface area contributed by atoms with Gasteiger partial charge in [-0.25, -0.2) is 13.4 Å². The van der Waals surface area contributed by atoms with Crippen LogP contribution in [-0.4, -0.2) is 50.4 Å². The normalized spacial score (nSPS) is 15.4. The molecule has 1 aliphatic rings. The van der Waals surface area contributed by atoms with E-state index in [1.165, 1.54) is 16.4 Å². The van der Waals surface area contributed by atoms with Crippen LogP contribution in [0.1, 0.15) is 26.2 Å². The molecule has 11 heteroatoms. The number of piperidine rings is 1. The van der Waals surface area contributed by atoms with Crippen LogP contribution < -0.4 is 5.56 Å². The Morgan fingerprint density at radius 2 is 1.82 bits per heavy atom. The molecule has 0 radical (unpaired) electrons. The number of aromatic nitrogens is 5. The fraction of sp³-hybridized carbons (Fsp3) is 0.364. The maximum absolute atomic E-state index is 13.1. The molecule has 0 unspecified atom stereocenters. The number of hydrogen-bond donors (Lipinski definition) is 0. The Balaban J connectivity index is 1.45. The monoisotopic (exact) mass is 484 g/mol. The van der Waals surface area contributed by atoms with E-state index in [4.69, 9.17) is 0 Å². The molecule has 3 heterocycles. The molecule has 0 amide bonds. The number of sulfonamides is 1. The van der Waals surface area contributed by atoms with Gasteiger partial charge < -0.3 is 4.57 Å². The molecule has 0 spiro atoms. The Kier molecular flexibility index (Phi) is 5.94. The lowest BCUT2D eigenvalue weighted by atomic mass is 10.2. The molecule has 2 aromatic carbocycles. The Hall–Kier alpha value is -2.76. The van der Waals surface area contributed by atoms with Crippen LogP contribution in [0.4, 0.5) is 0 Å². The molecular weight excluding hydrogens is 460 g/mol. The van der Waals surface area contributed by atoms with Crippen molar-refractivity contribution in [3.05, 3.63) is 52.8 Å². The second kappa shape index (κ2) is 8.88. The van der Waals surface area contributed by atoms with Gasteiger partial charge in [0.15, 0.2) is 5.16 Å². The van der Waals surface area contributed by atoms with Crippen LogP contribution in [0.2, 0.25) is 0 Å². The van der Waals surface area contributed by atoms with Crippen molar-refractivity contribution in [2.24, 2.45) is 0 Å². The second-order valence-electron chi connectivity index (χ2n) is 7.94. The Bertz CT molecular complexity index is 1490.